The van der Waals surface area contributed by atoms with E-state index < -0.39 is 0 Å². The van der Waals surface area contributed by atoms with Gasteiger partial charge in [-0.25, -0.2) is 0 Å². The fraction of sp³-hybridized carbons (Fsp3) is 1.00. The van der Waals surface area contributed by atoms with Crippen LogP contribution in [0.25, 0.3) is 0 Å². The van der Waals surface area contributed by atoms with Crippen LogP contribution in [-0.2, 0) is 0 Å². The largest absolute Gasteiger partial charge is 0.316 e. The van der Waals surface area contributed by atoms with Gasteiger partial charge in [0.15, 0.2) is 0 Å². The topological polar surface area (TPSA) is 15.3 Å². The average Bonchev–Trinajstić information content (AvgIpc) is 2.35. The molecule has 0 radical (unpaired) electrons. The molecule has 0 spiro atoms. The fourth-order valence-corrected chi connectivity index (χ4v) is 2.70. The third kappa shape index (κ3) is 4.84. The van der Waals surface area contributed by atoms with Crippen LogP contribution in [0.15, 0.2) is 0 Å². The van der Waals surface area contributed by atoms with Gasteiger partial charge in [-0.2, -0.15) is 0 Å². The summed E-state index contributed by atoms with van der Waals surface area (Å²) >= 11 is 0. The van der Waals surface area contributed by atoms with Crippen LogP contribution in [0, 0.1) is 5.92 Å². The van der Waals surface area contributed by atoms with Crippen LogP contribution in [0.3, 0.4) is 0 Å². The molecule has 2 heteroatoms. The van der Waals surface area contributed by atoms with Crippen molar-refractivity contribution in [1.82, 2.24) is 10.2 Å². The molecule has 2 atom stereocenters. The van der Waals surface area contributed by atoms with E-state index in [-0.39, 0.29) is 0 Å². The minimum atomic E-state index is 0.759. The second-order valence-electron chi connectivity index (χ2n) is 5.24. The smallest absolute Gasteiger partial charge is 0.00641 e. The quantitative estimate of drug-likeness (QED) is 0.718. The van der Waals surface area contributed by atoms with Crippen molar-refractivity contribution in [1.29, 1.82) is 0 Å². The number of rotatable bonds is 7. The van der Waals surface area contributed by atoms with Crippen molar-refractivity contribution >= 4 is 0 Å². The Morgan fingerprint density at radius 3 is 2.75 bits per heavy atom. The van der Waals surface area contributed by atoms with E-state index in [1.807, 2.05) is 0 Å². The SMILES string of the molecule is CCC(C)N(CC)CCCC1CCCNC1. The van der Waals surface area contributed by atoms with E-state index in [4.69, 9.17) is 0 Å². The number of nitrogens with one attached hydrogen (secondary N) is 1. The predicted octanol–water partition coefficient (Wildman–Crippen LogP) is 2.89. The zero-order valence-electron chi connectivity index (χ0n) is 11.5. The molecule has 0 aromatic rings. The first-order chi connectivity index (χ1) is 7.77. The van der Waals surface area contributed by atoms with Crippen LogP contribution >= 0.6 is 0 Å². The van der Waals surface area contributed by atoms with Crippen molar-refractivity contribution in [3.8, 4) is 0 Å². The zero-order chi connectivity index (χ0) is 11.8. The Bertz CT molecular complexity index is 164. The van der Waals surface area contributed by atoms with Gasteiger partial charge in [-0.1, -0.05) is 13.8 Å². The number of nitrogens with zero attached hydrogens (tertiary/aromatic N) is 1. The van der Waals surface area contributed by atoms with Crippen LogP contribution in [0.2, 0.25) is 0 Å². The Kier molecular flexibility index (Phi) is 7.06. The van der Waals surface area contributed by atoms with Gasteiger partial charge in [-0.05, 0) is 71.1 Å². The van der Waals surface area contributed by atoms with Gasteiger partial charge in [-0.15, -0.1) is 0 Å². The molecule has 1 aliphatic rings. The van der Waals surface area contributed by atoms with Crippen LogP contribution in [-0.4, -0.2) is 37.1 Å². The molecule has 16 heavy (non-hydrogen) atoms. The highest BCUT2D eigenvalue weighted by molar-refractivity contribution is 4.70. The van der Waals surface area contributed by atoms with Crippen LogP contribution in [0.1, 0.15) is 52.9 Å². The highest BCUT2D eigenvalue weighted by Crippen LogP contribution is 2.16. The molecule has 0 aliphatic carbocycles. The van der Waals surface area contributed by atoms with Gasteiger partial charge in [0.05, 0.1) is 0 Å². The molecule has 1 fully saturated rings. The Labute approximate surface area is 102 Å². The third-order valence-corrected chi connectivity index (χ3v) is 4.08. The Morgan fingerprint density at radius 1 is 1.38 bits per heavy atom. The highest BCUT2D eigenvalue weighted by atomic mass is 15.1. The lowest BCUT2D eigenvalue weighted by molar-refractivity contribution is 0.203. The van der Waals surface area contributed by atoms with Crippen molar-refractivity contribution in [3.63, 3.8) is 0 Å². The molecule has 1 heterocycles. The molecule has 1 aliphatic heterocycles. The lowest BCUT2D eigenvalue weighted by atomic mass is 9.94. The summed E-state index contributed by atoms with van der Waals surface area (Å²) < 4.78 is 0. The summed E-state index contributed by atoms with van der Waals surface area (Å²) in [5.74, 6) is 0.949. The van der Waals surface area contributed by atoms with Gasteiger partial charge in [0.1, 0.15) is 0 Å². The second-order valence-corrected chi connectivity index (χ2v) is 5.24. The molecule has 0 saturated carbocycles. The summed E-state index contributed by atoms with van der Waals surface area (Å²) in [5.41, 5.74) is 0. The molecular weight excluding hydrogens is 196 g/mol. The molecule has 0 bridgehead atoms. The fourth-order valence-electron chi connectivity index (χ4n) is 2.70. The standard InChI is InChI=1S/C14H30N2/c1-4-13(3)16(5-2)11-7-9-14-8-6-10-15-12-14/h13-15H,4-12H2,1-3H3. The summed E-state index contributed by atoms with van der Waals surface area (Å²) in [6.45, 7) is 11.9. The van der Waals surface area contributed by atoms with Crippen molar-refractivity contribution in [2.45, 2.75) is 58.9 Å². The first-order valence-electron chi connectivity index (χ1n) is 7.22. The first-order valence-corrected chi connectivity index (χ1v) is 7.22. The Morgan fingerprint density at radius 2 is 2.19 bits per heavy atom. The molecular formula is C14H30N2. The summed E-state index contributed by atoms with van der Waals surface area (Å²) in [6, 6.07) is 0.759. The third-order valence-electron chi connectivity index (χ3n) is 4.08. The van der Waals surface area contributed by atoms with Crippen LogP contribution in [0.5, 0.6) is 0 Å². The van der Waals surface area contributed by atoms with E-state index in [0.717, 1.165) is 12.0 Å². The first kappa shape index (κ1) is 14.0. The van der Waals surface area contributed by atoms with Crippen molar-refractivity contribution < 1.29 is 0 Å². The van der Waals surface area contributed by atoms with E-state index in [1.165, 1.54) is 58.3 Å². The number of piperidine rings is 1. The van der Waals surface area contributed by atoms with Gasteiger partial charge in [0.2, 0.25) is 0 Å². The Hall–Kier alpha value is -0.0800. The predicted molar refractivity (Wildman–Crippen MR) is 71.8 cm³/mol. The minimum Gasteiger partial charge on any atom is -0.316 e. The van der Waals surface area contributed by atoms with Gasteiger partial charge in [-0.3, -0.25) is 0 Å². The van der Waals surface area contributed by atoms with Crippen LogP contribution in [0.4, 0.5) is 0 Å². The van der Waals surface area contributed by atoms with Gasteiger partial charge >= 0.3 is 0 Å². The molecule has 1 N–H and O–H groups in total. The van der Waals surface area contributed by atoms with Gasteiger partial charge < -0.3 is 10.2 Å². The van der Waals surface area contributed by atoms with Crippen molar-refractivity contribution in [3.05, 3.63) is 0 Å². The maximum Gasteiger partial charge on any atom is 0.00641 e. The van der Waals surface area contributed by atoms with E-state index in [0.29, 0.717) is 0 Å². The van der Waals surface area contributed by atoms with Crippen LogP contribution < -0.4 is 5.32 Å². The highest BCUT2D eigenvalue weighted by Gasteiger charge is 2.14. The molecule has 0 aromatic carbocycles. The summed E-state index contributed by atoms with van der Waals surface area (Å²) in [7, 11) is 0. The second kappa shape index (κ2) is 8.08. The summed E-state index contributed by atoms with van der Waals surface area (Å²) in [6.07, 6.45) is 6.90. The van der Waals surface area contributed by atoms with Crippen molar-refractivity contribution in [2.75, 3.05) is 26.2 Å². The van der Waals surface area contributed by atoms with Gasteiger partial charge in [0, 0.05) is 6.04 Å². The molecule has 0 aromatic heterocycles. The van der Waals surface area contributed by atoms with Gasteiger partial charge in [0.25, 0.3) is 0 Å². The zero-order valence-corrected chi connectivity index (χ0v) is 11.5. The van der Waals surface area contributed by atoms with E-state index in [1.54, 1.807) is 0 Å². The molecule has 2 nitrogen and oxygen atoms in total. The minimum absolute atomic E-state index is 0.759. The van der Waals surface area contributed by atoms with Crippen molar-refractivity contribution in [2.24, 2.45) is 5.92 Å². The van der Waals surface area contributed by atoms with E-state index >= 15 is 0 Å². The summed E-state index contributed by atoms with van der Waals surface area (Å²) in [5, 5.41) is 3.51. The summed E-state index contributed by atoms with van der Waals surface area (Å²) in [4.78, 5) is 2.62. The number of hydrogen-bond donors (Lipinski definition) is 1. The van der Waals surface area contributed by atoms with E-state index in [9.17, 15) is 0 Å². The lowest BCUT2D eigenvalue weighted by Crippen LogP contribution is -2.34. The lowest BCUT2D eigenvalue weighted by Gasteiger charge is -2.28. The maximum atomic E-state index is 3.51. The normalized spacial score (nSPS) is 23.6. The molecule has 1 rings (SSSR count). The monoisotopic (exact) mass is 226 g/mol. The molecule has 2 unspecified atom stereocenters. The maximum absolute atomic E-state index is 3.51. The molecule has 0 amide bonds. The number of hydrogen-bond acceptors (Lipinski definition) is 2. The molecule has 1 saturated heterocycles. The molecule has 96 valence electrons. The van der Waals surface area contributed by atoms with E-state index in [2.05, 4.69) is 31.0 Å². The average molecular weight is 226 g/mol. The Balaban J connectivity index is 2.12.